The van der Waals surface area contributed by atoms with Gasteiger partial charge in [0, 0.05) is 37.2 Å². The minimum Gasteiger partial charge on any atom is -0.299 e. The molecular formula is C14H16N2O3. The molecule has 0 aliphatic carbocycles. The van der Waals surface area contributed by atoms with E-state index in [4.69, 9.17) is 0 Å². The van der Waals surface area contributed by atoms with Crippen LogP contribution in [-0.2, 0) is 4.79 Å². The van der Waals surface area contributed by atoms with E-state index in [1.165, 1.54) is 12.1 Å². The number of likely N-dealkylation sites (N-methyl/N-ethyl adjacent to an activating group) is 1. The van der Waals surface area contributed by atoms with E-state index in [2.05, 4.69) is 11.8 Å². The molecule has 1 aromatic rings. The minimum atomic E-state index is -0.429. The number of carbonyl (C=O) groups is 1. The minimum absolute atomic E-state index is 0.0623. The molecule has 0 bridgehead atoms. The number of nitro benzene ring substituents is 1. The lowest BCUT2D eigenvalue weighted by atomic mass is 10.0. The molecule has 0 radical (unpaired) electrons. The highest BCUT2D eigenvalue weighted by Gasteiger charge is 2.19. The third kappa shape index (κ3) is 3.26. The molecule has 5 nitrogen and oxygen atoms in total. The van der Waals surface area contributed by atoms with Crippen LogP contribution in [0, 0.1) is 10.1 Å². The number of likely N-dealkylation sites (tertiary alicyclic amines) is 1. The molecule has 0 unspecified atom stereocenters. The second kappa shape index (κ2) is 5.75. The van der Waals surface area contributed by atoms with E-state index in [1.807, 2.05) is 6.08 Å². The summed E-state index contributed by atoms with van der Waals surface area (Å²) in [6, 6.07) is 6.25. The normalized spacial score (nSPS) is 18.8. The molecule has 100 valence electrons. The molecule has 0 N–H and O–H groups in total. The first-order valence-corrected chi connectivity index (χ1v) is 6.30. The lowest BCUT2D eigenvalue weighted by Crippen LogP contribution is -2.35. The van der Waals surface area contributed by atoms with Crippen molar-refractivity contribution in [3.63, 3.8) is 0 Å². The Morgan fingerprint density at radius 2 is 2.05 bits per heavy atom. The number of non-ortho nitro benzene ring substituents is 1. The van der Waals surface area contributed by atoms with Gasteiger partial charge in [0.25, 0.3) is 5.69 Å². The average Bonchev–Trinajstić information content (AvgIpc) is 2.42. The van der Waals surface area contributed by atoms with Crippen LogP contribution >= 0.6 is 0 Å². The predicted octanol–water partition coefficient (Wildman–Crippen LogP) is 2.27. The Morgan fingerprint density at radius 3 is 2.63 bits per heavy atom. The number of Topliss-reactive ketones (excluding diaryl/α,β-unsaturated/α-hetero) is 1. The van der Waals surface area contributed by atoms with Crippen LogP contribution in [0.25, 0.3) is 6.08 Å². The number of carbonyl (C=O) groups excluding carboxylic acids is 1. The van der Waals surface area contributed by atoms with Crippen LogP contribution in [0.15, 0.2) is 29.8 Å². The highest BCUT2D eigenvalue weighted by Crippen LogP contribution is 2.18. The van der Waals surface area contributed by atoms with Crippen molar-refractivity contribution in [2.75, 3.05) is 19.6 Å². The third-order valence-corrected chi connectivity index (χ3v) is 3.30. The topological polar surface area (TPSA) is 63.5 Å². The molecule has 0 amide bonds. The van der Waals surface area contributed by atoms with Crippen molar-refractivity contribution in [2.45, 2.75) is 13.3 Å². The van der Waals surface area contributed by atoms with Crippen molar-refractivity contribution in [1.29, 1.82) is 0 Å². The second-order valence-electron chi connectivity index (χ2n) is 4.56. The van der Waals surface area contributed by atoms with Crippen molar-refractivity contribution in [1.82, 2.24) is 4.90 Å². The van der Waals surface area contributed by atoms with Crippen LogP contribution in [-0.4, -0.2) is 35.2 Å². The van der Waals surface area contributed by atoms with Crippen LogP contribution in [0.1, 0.15) is 18.9 Å². The Balaban J connectivity index is 2.19. The van der Waals surface area contributed by atoms with Gasteiger partial charge in [0.2, 0.25) is 0 Å². The zero-order valence-corrected chi connectivity index (χ0v) is 10.8. The standard InChI is InChI=1S/C14H16N2O3/c1-2-15-8-7-14(17)12(10-15)9-11-3-5-13(6-4-11)16(18)19/h3-6,9H,2,7-8,10H2,1H3/b12-9+. The molecule has 0 saturated carbocycles. The van der Waals surface area contributed by atoms with Crippen LogP contribution in [0.4, 0.5) is 5.69 Å². The van der Waals surface area contributed by atoms with Crippen molar-refractivity contribution in [2.24, 2.45) is 0 Å². The molecule has 1 saturated heterocycles. The second-order valence-corrected chi connectivity index (χ2v) is 4.56. The van der Waals surface area contributed by atoms with Gasteiger partial charge in [-0.1, -0.05) is 6.92 Å². The van der Waals surface area contributed by atoms with Crippen LogP contribution in [0.2, 0.25) is 0 Å². The maximum atomic E-state index is 11.8. The van der Waals surface area contributed by atoms with Gasteiger partial charge in [-0.3, -0.25) is 19.8 Å². The summed E-state index contributed by atoms with van der Waals surface area (Å²) in [5.41, 5.74) is 1.67. The molecular weight excluding hydrogens is 244 g/mol. The van der Waals surface area contributed by atoms with E-state index in [0.717, 1.165) is 24.2 Å². The zero-order chi connectivity index (χ0) is 13.8. The molecule has 19 heavy (non-hydrogen) atoms. The van der Waals surface area contributed by atoms with E-state index in [-0.39, 0.29) is 11.5 Å². The number of hydrogen-bond donors (Lipinski definition) is 0. The van der Waals surface area contributed by atoms with Crippen LogP contribution in [0.3, 0.4) is 0 Å². The van der Waals surface area contributed by atoms with Gasteiger partial charge in [-0.25, -0.2) is 0 Å². The number of rotatable bonds is 3. The number of hydrogen-bond acceptors (Lipinski definition) is 4. The summed E-state index contributed by atoms with van der Waals surface area (Å²) in [5, 5.41) is 10.6. The van der Waals surface area contributed by atoms with Gasteiger partial charge < -0.3 is 0 Å². The number of ketones is 1. The Morgan fingerprint density at radius 1 is 1.37 bits per heavy atom. The van der Waals surface area contributed by atoms with Crippen molar-refractivity contribution < 1.29 is 9.72 Å². The SMILES string of the molecule is CCN1CCC(=O)/C(=C/c2ccc([N+](=O)[O-])cc2)C1. The van der Waals surface area contributed by atoms with Gasteiger partial charge in [-0.05, 0) is 30.3 Å². The van der Waals surface area contributed by atoms with E-state index in [9.17, 15) is 14.9 Å². The summed E-state index contributed by atoms with van der Waals surface area (Å²) in [6.45, 7) is 4.46. The molecule has 1 aliphatic rings. The van der Waals surface area contributed by atoms with Crippen molar-refractivity contribution >= 4 is 17.5 Å². The summed E-state index contributed by atoms with van der Waals surface area (Å²) in [5.74, 6) is 0.169. The van der Waals surface area contributed by atoms with Crippen molar-refractivity contribution in [3.8, 4) is 0 Å². The van der Waals surface area contributed by atoms with Crippen LogP contribution < -0.4 is 0 Å². The molecule has 0 atom stereocenters. The molecule has 5 heteroatoms. The molecule has 1 aromatic carbocycles. The highest BCUT2D eigenvalue weighted by molar-refractivity contribution is 6.00. The van der Waals surface area contributed by atoms with E-state index in [1.54, 1.807) is 12.1 Å². The Bertz CT molecular complexity index is 520. The van der Waals surface area contributed by atoms with E-state index < -0.39 is 4.92 Å². The number of benzene rings is 1. The summed E-state index contributed by atoms with van der Waals surface area (Å²) in [7, 11) is 0. The zero-order valence-electron chi connectivity index (χ0n) is 10.8. The molecule has 0 spiro atoms. The molecule has 1 fully saturated rings. The average molecular weight is 260 g/mol. The Hall–Kier alpha value is -2.01. The summed E-state index contributed by atoms with van der Waals surface area (Å²) < 4.78 is 0. The first-order valence-electron chi connectivity index (χ1n) is 6.30. The van der Waals surface area contributed by atoms with Gasteiger partial charge in [-0.2, -0.15) is 0 Å². The monoisotopic (exact) mass is 260 g/mol. The maximum Gasteiger partial charge on any atom is 0.269 e. The van der Waals surface area contributed by atoms with Gasteiger partial charge in [0.15, 0.2) is 5.78 Å². The number of nitrogens with zero attached hydrogens (tertiary/aromatic N) is 2. The van der Waals surface area contributed by atoms with Gasteiger partial charge >= 0.3 is 0 Å². The first kappa shape index (κ1) is 13.4. The van der Waals surface area contributed by atoms with Crippen LogP contribution in [0.5, 0.6) is 0 Å². The molecule has 1 aliphatic heterocycles. The largest absolute Gasteiger partial charge is 0.299 e. The Kier molecular flexibility index (Phi) is 4.06. The number of nitro groups is 1. The first-order chi connectivity index (χ1) is 9.10. The molecule has 0 aromatic heterocycles. The summed E-state index contributed by atoms with van der Waals surface area (Å²) in [4.78, 5) is 24.2. The molecule has 1 heterocycles. The van der Waals surface area contributed by atoms with Crippen molar-refractivity contribution in [3.05, 3.63) is 45.5 Å². The lowest BCUT2D eigenvalue weighted by molar-refractivity contribution is -0.384. The lowest BCUT2D eigenvalue weighted by Gasteiger charge is -2.26. The highest BCUT2D eigenvalue weighted by atomic mass is 16.6. The van der Waals surface area contributed by atoms with Gasteiger partial charge in [0.05, 0.1) is 4.92 Å². The van der Waals surface area contributed by atoms with Gasteiger partial charge in [0.1, 0.15) is 0 Å². The fraction of sp³-hybridized carbons (Fsp3) is 0.357. The smallest absolute Gasteiger partial charge is 0.269 e. The summed E-state index contributed by atoms with van der Waals surface area (Å²) >= 11 is 0. The van der Waals surface area contributed by atoms with E-state index in [0.29, 0.717) is 13.0 Å². The summed E-state index contributed by atoms with van der Waals surface area (Å²) in [6.07, 6.45) is 2.38. The fourth-order valence-electron chi connectivity index (χ4n) is 2.12. The third-order valence-electron chi connectivity index (χ3n) is 3.30. The van der Waals surface area contributed by atoms with E-state index >= 15 is 0 Å². The van der Waals surface area contributed by atoms with Gasteiger partial charge in [-0.15, -0.1) is 0 Å². The molecule has 2 rings (SSSR count). The Labute approximate surface area is 111 Å². The quantitative estimate of drug-likeness (QED) is 0.475. The predicted molar refractivity (Wildman–Crippen MR) is 72.8 cm³/mol. The number of piperidine rings is 1. The maximum absolute atomic E-state index is 11.8. The fourth-order valence-corrected chi connectivity index (χ4v) is 2.12.